The molecule has 6 bridgehead atoms. The normalized spacial score (nSPS) is 12.1. The van der Waals surface area contributed by atoms with E-state index in [0.717, 1.165) is 33.4 Å². The van der Waals surface area contributed by atoms with Crippen LogP contribution in [-0.2, 0) is 4.74 Å². The number of rotatable bonds is 12. The van der Waals surface area contributed by atoms with Crippen LogP contribution in [0.4, 0.5) is 0 Å². The molecule has 10 rings (SSSR count). The fourth-order valence-electron chi connectivity index (χ4n) is 7.93. The first kappa shape index (κ1) is 42.4. The monoisotopic (exact) mass is 890 g/mol. The van der Waals surface area contributed by atoms with Gasteiger partial charge in [-0.3, -0.25) is 9.59 Å². The zero-order valence-electron chi connectivity index (χ0n) is 35.7. The van der Waals surface area contributed by atoms with E-state index < -0.39 is 23.2 Å². The maximum atomic E-state index is 13.6. The zero-order valence-corrected chi connectivity index (χ0v) is 35.7. The molecule has 1 aliphatic rings. The number of carbonyl (C=O) groups is 4. The topological polar surface area (TPSA) is 143 Å². The lowest BCUT2D eigenvalue weighted by Crippen LogP contribution is -2.18. The molecule has 9 aromatic rings. The summed E-state index contributed by atoms with van der Waals surface area (Å²) >= 11 is 0. The van der Waals surface area contributed by atoms with E-state index in [0.29, 0.717) is 22.6 Å². The van der Waals surface area contributed by atoms with Gasteiger partial charge in [0.2, 0.25) is 0 Å². The average Bonchev–Trinajstić information content (AvgIpc) is 3.47. The van der Waals surface area contributed by atoms with Gasteiger partial charge in [-0.25, -0.2) is 19.2 Å². The van der Waals surface area contributed by atoms with Crippen LogP contribution in [0.25, 0.3) is 56.0 Å². The van der Waals surface area contributed by atoms with Crippen molar-refractivity contribution in [2.24, 2.45) is 0 Å². The van der Waals surface area contributed by atoms with E-state index in [-0.39, 0.29) is 55.7 Å². The first-order valence-corrected chi connectivity index (χ1v) is 21.3. The average molecular weight is 891 g/mol. The van der Waals surface area contributed by atoms with Crippen molar-refractivity contribution in [1.29, 1.82) is 0 Å². The molecule has 10 heteroatoms. The van der Waals surface area contributed by atoms with Crippen LogP contribution in [-0.4, -0.2) is 23.5 Å². The summed E-state index contributed by atoms with van der Waals surface area (Å²) in [6, 6.07) is 53.3. The fraction of sp³-hybridized carbons (Fsp3) is 0. The number of hydrogen-bond acceptors (Lipinski definition) is 10. The molecule has 68 heavy (non-hydrogen) atoms. The van der Waals surface area contributed by atoms with Crippen molar-refractivity contribution >= 4 is 57.2 Å². The first-order valence-electron chi connectivity index (χ1n) is 21.3. The van der Waals surface area contributed by atoms with Crippen molar-refractivity contribution in [3.63, 3.8) is 0 Å². The fourth-order valence-corrected chi connectivity index (χ4v) is 7.93. The third-order valence-electron chi connectivity index (χ3n) is 11.4. The molecular formula is C58H34O10. The van der Waals surface area contributed by atoms with Crippen molar-refractivity contribution in [1.82, 2.24) is 0 Å². The van der Waals surface area contributed by atoms with Crippen LogP contribution in [0, 0.1) is 0 Å². The standard InChI is InChI=1S/C58H34O10/c59-51(41-7-3-1-4-8-41)29-15-35-11-17-37(18-12-35)39-21-25-43(26-22-39)65-45-31-47-48-32-46(34-50-54(48)58(64)68-57(63)53(47)49(33-45)55(61)67-56(50)62)66-44-27-23-40(24-28-44)38-19-13-36(14-20-38)16-30-52(60)42-9-5-2-6-10-42/h1-34H. The lowest BCUT2D eigenvalue weighted by molar-refractivity contribution is 0.0399. The molecule has 0 atom stereocenters. The maximum absolute atomic E-state index is 13.6. The van der Waals surface area contributed by atoms with Gasteiger partial charge < -0.3 is 18.6 Å². The van der Waals surface area contributed by atoms with E-state index in [1.165, 1.54) is 24.3 Å². The summed E-state index contributed by atoms with van der Waals surface area (Å²) in [6.45, 7) is 0. The van der Waals surface area contributed by atoms with Crippen LogP contribution in [0.3, 0.4) is 0 Å². The quantitative estimate of drug-likeness (QED) is 0.0503. The number of cyclic esters (lactones) is 2. The Kier molecular flexibility index (Phi) is 11.3. The summed E-state index contributed by atoms with van der Waals surface area (Å²) in [6.07, 6.45) is 6.61. The van der Waals surface area contributed by atoms with Crippen molar-refractivity contribution in [3.05, 3.63) is 248 Å². The third-order valence-corrected chi connectivity index (χ3v) is 11.4. The maximum Gasteiger partial charge on any atom is 0.347 e. The number of allylic oxidation sites excluding steroid dienone is 2. The highest BCUT2D eigenvalue weighted by Gasteiger charge is 2.29. The lowest BCUT2D eigenvalue weighted by Gasteiger charge is -2.11. The minimum atomic E-state index is -1.14. The Morgan fingerprint density at radius 1 is 0.397 bits per heavy atom. The highest BCUT2D eigenvalue weighted by Crippen LogP contribution is 2.37. The highest BCUT2D eigenvalue weighted by molar-refractivity contribution is 6.21. The number of benzene rings is 8. The van der Waals surface area contributed by atoms with Crippen LogP contribution in [0.2, 0.25) is 0 Å². The lowest BCUT2D eigenvalue weighted by atomic mass is 10.00. The number of hydrogen-bond donors (Lipinski definition) is 0. The van der Waals surface area contributed by atoms with Crippen molar-refractivity contribution < 1.29 is 37.8 Å². The Balaban J connectivity index is 0.916. The smallest absolute Gasteiger partial charge is 0.347 e. The molecule has 0 saturated carbocycles. The molecule has 326 valence electrons. The van der Waals surface area contributed by atoms with E-state index in [4.69, 9.17) is 18.6 Å². The van der Waals surface area contributed by atoms with Gasteiger partial charge in [-0.05, 0) is 94.1 Å². The van der Waals surface area contributed by atoms with Crippen molar-refractivity contribution in [2.45, 2.75) is 0 Å². The summed E-state index contributed by atoms with van der Waals surface area (Å²) in [4.78, 5) is 79.3. The summed E-state index contributed by atoms with van der Waals surface area (Å²) < 4.78 is 22.9. The molecule has 1 aliphatic heterocycles. The molecule has 0 N–H and O–H groups in total. The van der Waals surface area contributed by atoms with E-state index in [1.54, 1.807) is 72.8 Å². The minimum Gasteiger partial charge on any atom is -0.457 e. The molecule has 0 fully saturated rings. The first-order chi connectivity index (χ1) is 33.1. The van der Waals surface area contributed by atoms with Gasteiger partial charge in [0, 0.05) is 21.9 Å². The Hall–Kier alpha value is -9.54. The van der Waals surface area contributed by atoms with Gasteiger partial charge >= 0.3 is 23.2 Å². The van der Waals surface area contributed by atoms with E-state index in [2.05, 4.69) is 0 Å². The summed E-state index contributed by atoms with van der Waals surface area (Å²) in [7, 11) is 0. The number of carbonyl (C=O) groups excluding carboxylic acids is 4. The Bertz CT molecular complexity index is 3410. The Morgan fingerprint density at radius 3 is 1.12 bits per heavy atom. The third kappa shape index (κ3) is 8.80. The van der Waals surface area contributed by atoms with Gasteiger partial charge in [0.25, 0.3) is 0 Å². The van der Waals surface area contributed by atoms with Gasteiger partial charge in [-0.15, -0.1) is 0 Å². The second-order valence-electron chi connectivity index (χ2n) is 15.8. The SMILES string of the molecule is O=C(C=Cc1ccc(-c2ccc(Oc3cc4c5c(=O)oc(=O)c6c(cc(Oc7ccc(-c8ccc(C=CC(=O)c9ccccc9)cc8)cc7)cc6c5c3)C(=O)OC4=O)cc2)cc1)c1ccccc1. The Morgan fingerprint density at radius 2 is 0.750 bits per heavy atom. The van der Waals surface area contributed by atoms with Crippen LogP contribution in [0.15, 0.2) is 208 Å². The molecule has 1 aromatic heterocycles. The second kappa shape index (κ2) is 18.1. The van der Waals surface area contributed by atoms with Gasteiger partial charge in [0.05, 0.1) is 21.9 Å². The van der Waals surface area contributed by atoms with Crippen LogP contribution in [0.5, 0.6) is 23.0 Å². The van der Waals surface area contributed by atoms with Crippen molar-refractivity contribution in [3.8, 4) is 45.3 Å². The van der Waals surface area contributed by atoms with E-state index >= 15 is 0 Å². The van der Waals surface area contributed by atoms with E-state index in [9.17, 15) is 28.8 Å². The molecule has 0 unspecified atom stereocenters. The summed E-state index contributed by atoms with van der Waals surface area (Å²) in [5.41, 5.74) is 3.66. The Labute approximate surface area is 387 Å². The van der Waals surface area contributed by atoms with Gasteiger partial charge in [0.1, 0.15) is 23.0 Å². The highest BCUT2D eigenvalue weighted by atomic mass is 16.6. The number of ketones is 2. The van der Waals surface area contributed by atoms with Crippen molar-refractivity contribution in [2.75, 3.05) is 0 Å². The zero-order chi connectivity index (χ0) is 46.7. The summed E-state index contributed by atoms with van der Waals surface area (Å²) in [5, 5.41) is -0.370. The molecule has 0 radical (unpaired) electrons. The molecule has 2 heterocycles. The molecule has 0 spiro atoms. The predicted molar refractivity (Wildman–Crippen MR) is 260 cm³/mol. The predicted octanol–water partition coefficient (Wildman–Crippen LogP) is 12.3. The van der Waals surface area contributed by atoms with Gasteiger partial charge in [-0.1, -0.05) is 146 Å². The van der Waals surface area contributed by atoms with Crippen LogP contribution in [0.1, 0.15) is 52.6 Å². The van der Waals surface area contributed by atoms with Crippen LogP contribution < -0.4 is 20.7 Å². The van der Waals surface area contributed by atoms with Gasteiger partial charge in [0.15, 0.2) is 11.6 Å². The largest absolute Gasteiger partial charge is 0.457 e. The van der Waals surface area contributed by atoms with E-state index in [1.807, 2.05) is 109 Å². The molecule has 0 saturated heterocycles. The summed E-state index contributed by atoms with van der Waals surface area (Å²) in [5.74, 6) is -1.47. The minimum absolute atomic E-state index is 0.0888. The molecule has 8 aromatic carbocycles. The molecule has 10 nitrogen and oxygen atoms in total. The number of esters is 2. The van der Waals surface area contributed by atoms with Crippen LogP contribution >= 0.6 is 0 Å². The molecule has 0 amide bonds. The number of ether oxygens (including phenoxy) is 3. The molecular weight excluding hydrogens is 857 g/mol. The molecule has 0 aliphatic carbocycles. The second-order valence-corrected chi connectivity index (χ2v) is 15.8. The van der Waals surface area contributed by atoms with Gasteiger partial charge in [-0.2, -0.15) is 0 Å².